The molecule has 1 aromatic rings. The molecule has 5 nitrogen and oxygen atoms in total. The molecule has 3 rings (SSSR count). The molecule has 2 atom stereocenters. The highest BCUT2D eigenvalue weighted by Crippen LogP contribution is 2.40. The smallest absolute Gasteiger partial charge is 0.410 e. The van der Waals surface area contributed by atoms with Crippen LogP contribution in [-0.2, 0) is 4.74 Å². The summed E-state index contributed by atoms with van der Waals surface area (Å²) in [6, 6.07) is 1.43. The highest BCUT2D eigenvalue weighted by molar-refractivity contribution is 5.98. The van der Waals surface area contributed by atoms with Crippen molar-refractivity contribution in [3.63, 3.8) is 0 Å². The number of Topliss-reactive ketones (excluding diaryl/α,β-unsaturated/α-hetero) is 1. The molecule has 0 saturated carbocycles. The summed E-state index contributed by atoms with van der Waals surface area (Å²) in [5.74, 6) is -1.02. The number of ether oxygens (including phenoxy) is 1. The number of rotatable bonds is 2. The van der Waals surface area contributed by atoms with Gasteiger partial charge in [-0.2, -0.15) is 0 Å². The highest BCUT2D eigenvalue weighted by Gasteiger charge is 2.46. The lowest BCUT2D eigenvalue weighted by Crippen LogP contribution is -2.49. The molecule has 0 aromatic carbocycles. The zero-order valence-corrected chi connectivity index (χ0v) is 14.3. The summed E-state index contributed by atoms with van der Waals surface area (Å²) in [6.07, 6.45) is 5.06. The van der Waals surface area contributed by atoms with E-state index in [1.807, 2.05) is 20.8 Å². The van der Waals surface area contributed by atoms with Crippen LogP contribution in [0.2, 0.25) is 0 Å². The summed E-state index contributed by atoms with van der Waals surface area (Å²) in [4.78, 5) is 30.5. The van der Waals surface area contributed by atoms with Crippen LogP contribution in [0.4, 0.5) is 9.18 Å². The van der Waals surface area contributed by atoms with E-state index < -0.39 is 11.4 Å². The minimum atomic E-state index is -0.579. The molecule has 2 saturated heterocycles. The Bertz CT molecular complexity index is 642. The molecular weight excluding hydrogens is 311 g/mol. The molecule has 2 aliphatic rings. The van der Waals surface area contributed by atoms with Crippen LogP contribution < -0.4 is 0 Å². The minimum absolute atomic E-state index is 0.00236. The van der Waals surface area contributed by atoms with Gasteiger partial charge in [-0.25, -0.2) is 9.18 Å². The predicted molar refractivity (Wildman–Crippen MR) is 86.1 cm³/mol. The molecule has 1 aromatic heterocycles. The summed E-state index contributed by atoms with van der Waals surface area (Å²) in [7, 11) is 0. The van der Waals surface area contributed by atoms with Gasteiger partial charge in [0.2, 0.25) is 0 Å². The Morgan fingerprint density at radius 2 is 1.88 bits per heavy atom. The van der Waals surface area contributed by atoms with Crippen LogP contribution in [0, 0.1) is 11.7 Å². The van der Waals surface area contributed by atoms with E-state index in [-0.39, 0.29) is 35.4 Å². The van der Waals surface area contributed by atoms with E-state index in [2.05, 4.69) is 4.98 Å². The van der Waals surface area contributed by atoms with Crippen molar-refractivity contribution in [2.75, 3.05) is 0 Å². The van der Waals surface area contributed by atoms with Gasteiger partial charge < -0.3 is 9.64 Å². The van der Waals surface area contributed by atoms with E-state index in [0.717, 1.165) is 19.0 Å². The monoisotopic (exact) mass is 334 g/mol. The number of halogens is 1. The normalized spacial score (nSPS) is 26.3. The van der Waals surface area contributed by atoms with E-state index in [9.17, 15) is 14.0 Å². The third-order valence-electron chi connectivity index (χ3n) is 4.75. The maximum atomic E-state index is 13.8. The Hall–Kier alpha value is -1.98. The molecule has 130 valence electrons. The van der Waals surface area contributed by atoms with Crippen LogP contribution in [0.3, 0.4) is 0 Å². The van der Waals surface area contributed by atoms with Crippen LogP contribution in [-0.4, -0.2) is 39.4 Å². The van der Waals surface area contributed by atoms with E-state index in [1.165, 1.54) is 12.3 Å². The molecular formula is C18H23FN2O3. The molecule has 0 N–H and O–H groups in total. The van der Waals surface area contributed by atoms with Crippen molar-refractivity contribution >= 4 is 11.9 Å². The van der Waals surface area contributed by atoms with Crippen LogP contribution in [0.25, 0.3) is 0 Å². The number of aromatic nitrogens is 1. The van der Waals surface area contributed by atoms with Crippen molar-refractivity contribution in [1.29, 1.82) is 0 Å². The van der Waals surface area contributed by atoms with Crippen LogP contribution in [0.15, 0.2) is 18.5 Å². The van der Waals surface area contributed by atoms with Gasteiger partial charge in [-0.1, -0.05) is 0 Å². The quantitative estimate of drug-likeness (QED) is 0.776. The zero-order chi connectivity index (χ0) is 17.5. The molecule has 2 bridgehead atoms. The zero-order valence-electron chi connectivity index (χ0n) is 14.3. The minimum Gasteiger partial charge on any atom is -0.444 e. The van der Waals surface area contributed by atoms with Gasteiger partial charge in [0, 0.05) is 24.2 Å². The summed E-state index contributed by atoms with van der Waals surface area (Å²) in [5, 5.41) is 0. The molecule has 2 aliphatic heterocycles. The second kappa shape index (κ2) is 6.15. The average molecular weight is 334 g/mol. The summed E-state index contributed by atoms with van der Waals surface area (Å²) < 4.78 is 19.3. The number of pyridine rings is 1. The Morgan fingerprint density at radius 1 is 1.25 bits per heavy atom. The molecule has 0 spiro atoms. The predicted octanol–water partition coefficient (Wildman–Crippen LogP) is 3.58. The number of nitrogens with zero attached hydrogens (tertiary/aromatic N) is 2. The Morgan fingerprint density at radius 3 is 2.42 bits per heavy atom. The first-order valence-corrected chi connectivity index (χ1v) is 8.41. The summed E-state index contributed by atoms with van der Waals surface area (Å²) >= 11 is 0. The van der Waals surface area contributed by atoms with Crippen molar-refractivity contribution in [2.45, 2.75) is 64.1 Å². The standard InChI is InChI=1S/C18H23FN2O3/c1-18(2,3)24-17(23)21-12-4-5-13(21)9-11(8-12)16(22)14-6-7-20-10-15(14)19/h6-7,10-13H,4-5,8-9H2,1-3H3. The van der Waals surface area contributed by atoms with Crippen molar-refractivity contribution in [2.24, 2.45) is 5.92 Å². The Balaban J connectivity index is 1.72. The largest absolute Gasteiger partial charge is 0.444 e. The SMILES string of the molecule is CC(C)(C)OC(=O)N1C2CCC1CC(C(=O)c1ccncc1F)C2. The fraction of sp³-hybridized carbons (Fsp3) is 0.611. The maximum Gasteiger partial charge on any atom is 0.410 e. The molecule has 1 amide bonds. The van der Waals surface area contributed by atoms with Gasteiger partial charge in [-0.3, -0.25) is 9.78 Å². The van der Waals surface area contributed by atoms with Crippen molar-refractivity contribution in [3.05, 3.63) is 29.8 Å². The number of carbonyl (C=O) groups is 2. The molecule has 0 radical (unpaired) electrons. The van der Waals surface area contributed by atoms with Gasteiger partial charge in [0.25, 0.3) is 0 Å². The van der Waals surface area contributed by atoms with Crippen LogP contribution in [0.5, 0.6) is 0 Å². The average Bonchev–Trinajstić information content (AvgIpc) is 2.76. The first kappa shape index (κ1) is 16.9. The summed E-state index contributed by atoms with van der Waals surface area (Å²) in [6.45, 7) is 5.53. The lowest BCUT2D eigenvalue weighted by molar-refractivity contribution is 0.00250. The maximum absolute atomic E-state index is 13.8. The second-order valence-corrected chi connectivity index (χ2v) is 7.66. The number of carbonyl (C=O) groups excluding carboxylic acids is 2. The third-order valence-corrected chi connectivity index (χ3v) is 4.75. The van der Waals surface area contributed by atoms with Crippen molar-refractivity contribution < 1.29 is 18.7 Å². The first-order chi connectivity index (χ1) is 11.3. The number of hydrogen-bond donors (Lipinski definition) is 0. The summed E-state index contributed by atoms with van der Waals surface area (Å²) in [5.41, 5.74) is -0.441. The lowest BCUT2D eigenvalue weighted by atomic mass is 9.85. The third kappa shape index (κ3) is 3.28. The molecule has 2 unspecified atom stereocenters. The van der Waals surface area contributed by atoms with Gasteiger partial charge in [0.15, 0.2) is 11.6 Å². The van der Waals surface area contributed by atoms with Gasteiger partial charge >= 0.3 is 6.09 Å². The molecule has 24 heavy (non-hydrogen) atoms. The van der Waals surface area contributed by atoms with Crippen LogP contribution in [0.1, 0.15) is 56.8 Å². The number of hydrogen-bond acceptors (Lipinski definition) is 4. The van der Waals surface area contributed by atoms with Crippen molar-refractivity contribution in [1.82, 2.24) is 9.88 Å². The molecule has 6 heteroatoms. The first-order valence-electron chi connectivity index (χ1n) is 8.41. The van der Waals surface area contributed by atoms with E-state index in [1.54, 1.807) is 4.90 Å². The van der Waals surface area contributed by atoms with E-state index in [0.29, 0.717) is 12.8 Å². The second-order valence-electron chi connectivity index (χ2n) is 7.66. The fourth-order valence-electron chi connectivity index (χ4n) is 3.80. The highest BCUT2D eigenvalue weighted by atomic mass is 19.1. The van der Waals surface area contributed by atoms with E-state index >= 15 is 0 Å². The van der Waals surface area contributed by atoms with Gasteiger partial charge in [-0.15, -0.1) is 0 Å². The molecule has 3 heterocycles. The lowest BCUT2D eigenvalue weighted by Gasteiger charge is -2.39. The van der Waals surface area contributed by atoms with Crippen LogP contribution >= 0.6 is 0 Å². The molecule has 0 aliphatic carbocycles. The molecule has 2 fully saturated rings. The van der Waals surface area contributed by atoms with Crippen molar-refractivity contribution in [3.8, 4) is 0 Å². The van der Waals surface area contributed by atoms with E-state index in [4.69, 9.17) is 4.74 Å². The number of amides is 1. The van der Waals surface area contributed by atoms with Gasteiger partial charge in [0.05, 0.1) is 11.8 Å². The number of piperidine rings is 1. The Labute approximate surface area is 141 Å². The number of fused-ring (bicyclic) bond motifs is 2. The van der Waals surface area contributed by atoms with Gasteiger partial charge in [-0.05, 0) is 52.5 Å². The fourth-order valence-corrected chi connectivity index (χ4v) is 3.80. The topological polar surface area (TPSA) is 59.5 Å². The Kier molecular flexibility index (Phi) is 4.32. The van der Waals surface area contributed by atoms with Gasteiger partial charge in [0.1, 0.15) is 5.60 Å². The number of ketones is 1.